The average molecular weight is 328 g/mol. The van der Waals surface area contributed by atoms with Gasteiger partial charge in [-0.3, -0.25) is 0 Å². The first kappa shape index (κ1) is 15.6. The van der Waals surface area contributed by atoms with Crippen molar-refractivity contribution in [2.45, 2.75) is 25.2 Å². The maximum Gasteiger partial charge on any atom is 0.435 e. The number of fused-ring (bicyclic) bond motifs is 1. The smallest absolute Gasteiger partial charge is 0.435 e. The van der Waals surface area contributed by atoms with Gasteiger partial charge in [-0.15, -0.1) is 5.10 Å². The number of halogens is 4. The molecule has 9 heteroatoms. The van der Waals surface area contributed by atoms with E-state index < -0.39 is 17.8 Å². The summed E-state index contributed by atoms with van der Waals surface area (Å²) in [6.45, 7) is 0.629. The number of hydrogen-bond donors (Lipinski definition) is 1. The van der Waals surface area contributed by atoms with Gasteiger partial charge in [-0.05, 0) is 24.3 Å². The van der Waals surface area contributed by atoms with Crippen molar-refractivity contribution in [2.75, 3.05) is 6.61 Å². The minimum atomic E-state index is -4.51. The number of nitrogens with zero attached hydrogens (tertiary/aromatic N) is 3. The molecular formula is C14H12F4N4O. The molecular weight excluding hydrogens is 316 g/mol. The van der Waals surface area contributed by atoms with Crippen LogP contribution < -0.4 is 10.1 Å². The van der Waals surface area contributed by atoms with Gasteiger partial charge < -0.3 is 10.1 Å². The summed E-state index contributed by atoms with van der Waals surface area (Å²) in [6.07, 6.45) is -3.95. The van der Waals surface area contributed by atoms with Crippen LogP contribution in [0.15, 0.2) is 24.3 Å². The topological polar surface area (TPSA) is 59.9 Å². The number of aromatic nitrogens is 3. The summed E-state index contributed by atoms with van der Waals surface area (Å²) in [5.41, 5.74) is -0.250. The van der Waals surface area contributed by atoms with Crippen LogP contribution in [0.25, 0.3) is 0 Å². The summed E-state index contributed by atoms with van der Waals surface area (Å²) < 4.78 is 55.9. The fraction of sp³-hybridized carbons (Fsp3) is 0.357. The van der Waals surface area contributed by atoms with Crippen LogP contribution >= 0.6 is 0 Å². The molecule has 1 unspecified atom stereocenters. The average Bonchev–Trinajstić information content (AvgIpc) is 2.52. The Morgan fingerprint density at radius 3 is 2.70 bits per heavy atom. The Balaban J connectivity index is 1.69. The second-order valence-corrected chi connectivity index (χ2v) is 5.00. The molecule has 2 aromatic heterocycles. The Morgan fingerprint density at radius 1 is 1.17 bits per heavy atom. The Bertz CT molecular complexity index is 690. The molecule has 122 valence electrons. The molecule has 0 bridgehead atoms. The minimum absolute atomic E-state index is 0.188. The molecule has 1 atom stereocenters. The Labute approximate surface area is 128 Å². The van der Waals surface area contributed by atoms with Gasteiger partial charge in [-0.2, -0.15) is 22.7 Å². The zero-order valence-corrected chi connectivity index (χ0v) is 11.8. The van der Waals surface area contributed by atoms with Crippen molar-refractivity contribution >= 4 is 0 Å². The van der Waals surface area contributed by atoms with Gasteiger partial charge in [-0.25, -0.2) is 4.98 Å². The number of nitrogens with one attached hydrogen (secondary N) is 1. The standard InChI is InChI=1S/C14H12F4N4O/c15-12-4-2-10-13(20-12)9(5-6-23-10)19-7-8-1-3-11(22-21-8)14(16,17)18/h1-4,9,19H,5-7H2. The van der Waals surface area contributed by atoms with Crippen LogP contribution in [0.1, 0.15) is 29.5 Å². The van der Waals surface area contributed by atoms with Crippen molar-refractivity contribution in [3.05, 3.63) is 47.3 Å². The highest BCUT2D eigenvalue weighted by Crippen LogP contribution is 2.30. The van der Waals surface area contributed by atoms with Crippen molar-refractivity contribution in [2.24, 2.45) is 0 Å². The first-order valence-corrected chi connectivity index (χ1v) is 6.86. The van der Waals surface area contributed by atoms with Crippen LogP contribution in [-0.2, 0) is 12.7 Å². The number of alkyl halides is 3. The predicted octanol–water partition coefficient (Wildman–Crippen LogP) is 2.64. The third kappa shape index (κ3) is 3.55. The first-order chi connectivity index (χ1) is 10.9. The molecule has 1 aliphatic heterocycles. The molecule has 0 saturated carbocycles. The highest BCUT2D eigenvalue weighted by Gasteiger charge is 2.33. The van der Waals surface area contributed by atoms with E-state index in [9.17, 15) is 17.6 Å². The molecule has 0 aliphatic carbocycles. The van der Waals surface area contributed by atoms with Crippen LogP contribution in [0.4, 0.5) is 17.6 Å². The fourth-order valence-corrected chi connectivity index (χ4v) is 2.26. The van der Waals surface area contributed by atoms with E-state index in [2.05, 4.69) is 20.5 Å². The molecule has 0 amide bonds. The van der Waals surface area contributed by atoms with Crippen LogP contribution in [0.3, 0.4) is 0 Å². The Morgan fingerprint density at radius 2 is 2.00 bits per heavy atom. The maximum atomic E-state index is 13.3. The lowest BCUT2D eigenvalue weighted by Crippen LogP contribution is -2.28. The van der Waals surface area contributed by atoms with Gasteiger partial charge in [0, 0.05) is 13.0 Å². The predicted molar refractivity (Wildman–Crippen MR) is 70.9 cm³/mol. The molecule has 1 aliphatic rings. The van der Waals surface area contributed by atoms with E-state index in [0.29, 0.717) is 30.2 Å². The van der Waals surface area contributed by atoms with E-state index in [0.717, 1.165) is 6.07 Å². The zero-order valence-electron chi connectivity index (χ0n) is 11.8. The summed E-state index contributed by atoms with van der Waals surface area (Å²) in [6, 6.07) is 4.58. The molecule has 0 radical (unpaired) electrons. The molecule has 1 N–H and O–H groups in total. The van der Waals surface area contributed by atoms with Gasteiger partial charge >= 0.3 is 6.18 Å². The second-order valence-electron chi connectivity index (χ2n) is 5.00. The molecule has 2 aromatic rings. The van der Waals surface area contributed by atoms with E-state index in [1.807, 2.05) is 0 Å². The van der Waals surface area contributed by atoms with Crippen molar-refractivity contribution in [3.63, 3.8) is 0 Å². The summed E-state index contributed by atoms with van der Waals surface area (Å²) in [5, 5.41) is 9.79. The molecule has 0 saturated heterocycles. The summed E-state index contributed by atoms with van der Waals surface area (Å²) >= 11 is 0. The van der Waals surface area contributed by atoms with Crippen LogP contribution in [-0.4, -0.2) is 21.8 Å². The molecule has 3 rings (SSSR count). The normalized spacial score (nSPS) is 17.5. The number of ether oxygens (including phenoxy) is 1. The van der Waals surface area contributed by atoms with Crippen molar-refractivity contribution in [1.82, 2.24) is 20.5 Å². The highest BCUT2D eigenvalue weighted by atomic mass is 19.4. The Kier molecular flexibility index (Phi) is 4.12. The van der Waals surface area contributed by atoms with Gasteiger partial charge in [0.1, 0.15) is 11.4 Å². The number of pyridine rings is 1. The van der Waals surface area contributed by atoms with E-state index >= 15 is 0 Å². The maximum absolute atomic E-state index is 13.3. The van der Waals surface area contributed by atoms with Crippen molar-refractivity contribution in [3.8, 4) is 5.75 Å². The lowest BCUT2D eigenvalue weighted by Gasteiger charge is -2.25. The molecule has 23 heavy (non-hydrogen) atoms. The summed E-state index contributed by atoms with van der Waals surface area (Å²) in [4.78, 5) is 3.81. The fourth-order valence-electron chi connectivity index (χ4n) is 2.26. The van der Waals surface area contributed by atoms with Gasteiger partial charge in [0.15, 0.2) is 5.69 Å². The van der Waals surface area contributed by atoms with Gasteiger partial charge in [0.05, 0.1) is 18.3 Å². The number of hydrogen-bond acceptors (Lipinski definition) is 5. The molecule has 5 nitrogen and oxygen atoms in total. The van der Waals surface area contributed by atoms with Gasteiger partial charge in [0.25, 0.3) is 0 Å². The lowest BCUT2D eigenvalue weighted by molar-refractivity contribution is -0.141. The third-order valence-electron chi connectivity index (χ3n) is 3.39. The first-order valence-electron chi connectivity index (χ1n) is 6.86. The van der Waals surface area contributed by atoms with Crippen LogP contribution in [0, 0.1) is 5.95 Å². The molecule has 3 heterocycles. The largest absolute Gasteiger partial charge is 0.492 e. The van der Waals surface area contributed by atoms with E-state index in [1.165, 1.54) is 18.2 Å². The second kappa shape index (κ2) is 6.07. The lowest BCUT2D eigenvalue weighted by atomic mass is 10.1. The highest BCUT2D eigenvalue weighted by molar-refractivity contribution is 5.31. The monoisotopic (exact) mass is 328 g/mol. The van der Waals surface area contributed by atoms with Crippen LogP contribution in [0.2, 0.25) is 0 Å². The van der Waals surface area contributed by atoms with Crippen LogP contribution in [0.5, 0.6) is 5.75 Å². The molecule has 0 spiro atoms. The summed E-state index contributed by atoms with van der Waals surface area (Å²) in [5.74, 6) is -0.121. The van der Waals surface area contributed by atoms with E-state index in [-0.39, 0.29) is 12.6 Å². The molecule has 0 aromatic carbocycles. The van der Waals surface area contributed by atoms with E-state index in [1.54, 1.807) is 0 Å². The van der Waals surface area contributed by atoms with Gasteiger partial charge in [0.2, 0.25) is 5.95 Å². The Hall–Kier alpha value is -2.29. The van der Waals surface area contributed by atoms with E-state index in [4.69, 9.17) is 4.74 Å². The van der Waals surface area contributed by atoms with Gasteiger partial charge in [-0.1, -0.05) is 0 Å². The minimum Gasteiger partial charge on any atom is -0.492 e. The van der Waals surface area contributed by atoms with Crippen molar-refractivity contribution in [1.29, 1.82) is 0 Å². The van der Waals surface area contributed by atoms with Crippen molar-refractivity contribution < 1.29 is 22.3 Å². The number of rotatable bonds is 3. The molecule has 0 fully saturated rings. The quantitative estimate of drug-likeness (QED) is 0.693. The SMILES string of the molecule is Fc1ccc2c(n1)C(NCc1ccc(C(F)(F)F)nn1)CCO2. The zero-order chi connectivity index (χ0) is 16.4. The third-order valence-corrected chi connectivity index (χ3v) is 3.39. The summed E-state index contributed by atoms with van der Waals surface area (Å²) in [7, 11) is 0.